The predicted molar refractivity (Wildman–Crippen MR) is 57.0 cm³/mol. The van der Waals surface area contributed by atoms with E-state index in [1.807, 2.05) is 6.92 Å². The summed E-state index contributed by atoms with van der Waals surface area (Å²) in [4.78, 5) is 24.9. The van der Waals surface area contributed by atoms with Gasteiger partial charge in [-0.2, -0.15) is 0 Å². The van der Waals surface area contributed by atoms with Crippen molar-refractivity contribution in [3.8, 4) is 0 Å². The minimum Gasteiger partial charge on any atom is -0.376 e. The fourth-order valence-corrected chi connectivity index (χ4v) is 1.48. The number of aromatic amines is 1. The van der Waals surface area contributed by atoms with Crippen LogP contribution < -0.4 is 11.2 Å². The fourth-order valence-electron chi connectivity index (χ4n) is 1.48. The molecule has 0 aromatic carbocycles. The normalized spacial score (nSPS) is 12.7. The molecule has 15 heavy (non-hydrogen) atoms. The Balaban J connectivity index is 3.18. The number of hydrogen-bond acceptors (Lipinski definition) is 3. The number of H-pyrrole nitrogens is 1. The van der Waals surface area contributed by atoms with E-state index in [2.05, 4.69) is 4.98 Å². The van der Waals surface area contributed by atoms with E-state index in [4.69, 9.17) is 4.74 Å². The van der Waals surface area contributed by atoms with Crippen LogP contribution in [0, 0.1) is 0 Å². The largest absolute Gasteiger partial charge is 0.376 e. The standard InChI is InChI=1S/C10H16N2O3/c1-4-5-8(15-3)7-6-12(2)10(14)11-9(7)13/h6,8H,4-5H2,1-3H3,(H,11,13,14). The van der Waals surface area contributed by atoms with E-state index in [1.54, 1.807) is 14.2 Å². The third-order valence-electron chi connectivity index (χ3n) is 2.32. The zero-order valence-corrected chi connectivity index (χ0v) is 9.24. The number of ether oxygens (including phenoxy) is 1. The first-order valence-electron chi connectivity index (χ1n) is 4.92. The van der Waals surface area contributed by atoms with Crippen molar-refractivity contribution in [3.63, 3.8) is 0 Å². The van der Waals surface area contributed by atoms with E-state index in [0.717, 1.165) is 12.8 Å². The highest BCUT2D eigenvalue weighted by Gasteiger charge is 2.14. The van der Waals surface area contributed by atoms with E-state index in [-0.39, 0.29) is 11.7 Å². The van der Waals surface area contributed by atoms with Crippen molar-refractivity contribution in [2.24, 2.45) is 7.05 Å². The maximum atomic E-state index is 11.5. The summed E-state index contributed by atoms with van der Waals surface area (Å²) in [5.74, 6) is 0. The summed E-state index contributed by atoms with van der Waals surface area (Å²) in [6.45, 7) is 2.02. The topological polar surface area (TPSA) is 64.1 Å². The molecule has 0 aliphatic carbocycles. The summed E-state index contributed by atoms with van der Waals surface area (Å²) in [5.41, 5.74) is -0.269. The molecule has 1 unspecified atom stereocenters. The van der Waals surface area contributed by atoms with Crippen LogP contribution in [-0.2, 0) is 11.8 Å². The van der Waals surface area contributed by atoms with Crippen molar-refractivity contribution < 1.29 is 4.74 Å². The van der Waals surface area contributed by atoms with Crippen molar-refractivity contribution in [1.82, 2.24) is 9.55 Å². The van der Waals surface area contributed by atoms with Crippen LogP contribution in [0.3, 0.4) is 0 Å². The molecule has 0 amide bonds. The first-order valence-corrected chi connectivity index (χ1v) is 4.92. The van der Waals surface area contributed by atoms with Crippen LogP contribution in [0.4, 0.5) is 0 Å². The Labute approximate surface area is 87.7 Å². The molecule has 0 saturated heterocycles. The minimum absolute atomic E-state index is 0.245. The molecule has 1 N–H and O–H groups in total. The number of aromatic nitrogens is 2. The molecule has 0 bridgehead atoms. The Kier molecular flexibility index (Phi) is 3.85. The second-order valence-electron chi connectivity index (χ2n) is 3.47. The molecule has 0 aliphatic rings. The summed E-state index contributed by atoms with van der Waals surface area (Å²) in [5, 5.41) is 0. The lowest BCUT2D eigenvalue weighted by atomic mass is 10.1. The highest BCUT2D eigenvalue weighted by atomic mass is 16.5. The van der Waals surface area contributed by atoms with Crippen molar-refractivity contribution in [2.75, 3.05) is 7.11 Å². The monoisotopic (exact) mass is 212 g/mol. The van der Waals surface area contributed by atoms with Gasteiger partial charge in [0, 0.05) is 20.4 Å². The maximum absolute atomic E-state index is 11.5. The van der Waals surface area contributed by atoms with Crippen LogP contribution in [0.5, 0.6) is 0 Å². The number of nitrogens with one attached hydrogen (secondary N) is 1. The molecule has 1 aromatic heterocycles. The third-order valence-corrected chi connectivity index (χ3v) is 2.32. The van der Waals surface area contributed by atoms with Crippen molar-refractivity contribution >= 4 is 0 Å². The quantitative estimate of drug-likeness (QED) is 0.793. The molecule has 1 atom stereocenters. The third kappa shape index (κ3) is 2.56. The molecule has 0 spiro atoms. The molecule has 5 nitrogen and oxygen atoms in total. The summed E-state index contributed by atoms with van der Waals surface area (Å²) in [7, 11) is 3.16. The number of rotatable bonds is 4. The van der Waals surface area contributed by atoms with Crippen LogP contribution in [0.25, 0.3) is 0 Å². The zero-order valence-electron chi connectivity index (χ0n) is 9.24. The van der Waals surface area contributed by atoms with Crippen LogP contribution in [-0.4, -0.2) is 16.7 Å². The Morgan fingerprint density at radius 3 is 2.73 bits per heavy atom. The van der Waals surface area contributed by atoms with E-state index in [1.165, 1.54) is 10.8 Å². The lowest BCUT2D eigenvalue weighted by Gasteiger charge is -2.13. The number of nitrogens with zero attached hydrogens (tertiary/aromatic N) is 1. The van der Waals surface area contributed by atoms with Gasteiger partial charge in [0.05, 0.1) is 11.7 Å². The molecule has 0 radical (unpaired) electrons. The second-order valence-corrected chi connectivity index (χ2v) is 3.47. The number of aryl methyl sites for hydroxylation is 1. The molecule has 1 rings (SSSR count). The molecular weight excluding hydrogens is 196 g/mol. The van der Waals surface area contributed by atoms with Crippen LogP contribution >= 0.6 is 0 Å². The van der Waals surface area contributed by atoms with Gasteiger partial charge in [-0.05, 0) is 6.42 Å². The predicted octanol–water partition coefficient (Wildman–Crippen LogP) is 0.561. The first kappa shape index (κ1) is 11.7. The molecular formula is C10H16N2O3. The van der Waals surface area contributed by atoms with E-state index >= 15 is 0 Å². The van der Waals surface area contributed by atoms with Crippen LogP contribution in [0.2, 0.25) is 0 Å². The zero-order chi connectivity index (χ0) is 11.4. The van der Waals surface area contributed by atoms with Gasteiger partial charge in [0.15, 0.2) is 0 Å². The van der Waals surface area contributed by atoms with Gasteiger partial charge >= 0.3 is 5.69 Å². The Bertz CT molecular complexity index is 433. The Morgan fingerprint density at radius 2 is 2.20 bits per heavy atom. The van der Waals surface area contributed by atoms with Crippen LogP contribution in [0.15, 0.2) is 15.8 Å². The van der Waals surface area contributed by atoms with Crippen LogP contribution in [0.1, 0.15) is 31.4 Å². The molecule has 0 fully saturated rings. The van der Waals surface area contributed by atoms with E-state index in [0.29, 0.717) is 5.56 Å². The second kappa shape index (κ2) is 4.93. The lowest BCUT2D eigenvalue weighted by molar-refractivity contribution is 0.0931. The molecule has 84 valence electrons. The smallest absolute Gasteiger partial charge is 0.328 e. The minimum atomic E-state index is -0.407. The molecule has 1 aromatic rings. The maximum Gasteiger partial charge on any atom is 0.328 e. The summed E-state index contributed by atoms with van der Waals surface area (Å²) >= 11 is 0. The van der Waals surface area contributed by atoms with E-state index < -0.39 is 5.69 Å². The van der Waals surface area contributed by atoms with Gasteiger partial charge in [-0.15, -0.1) is 0 Å². The van der Waals surface area contributed by atoms with Gasteiger partial charge in [0.2, 0.25) is 0 Å². The molecule has 0 aliphatic heterocycles. The lowest BCUT2D eigenvalue weighted by Crippen LogP contribution is -2.31. The Hall–Kier alpha value is -1.36. The highest BCUT2D eigenvalue weighted by molar-refractivity contribution is 5.08. The van der Waals surface area contributed by atoms with Gasteiger partial charge in [0.25, 0.3) is 5.56 Å². The summed E-state index contributed by atoms with van der Waals surface area (Å²) in [6.07, 6.45) is 2.97. The van der Waals surface area contributed by atoms with Gasteiger partial charge in [-0.1, -0.05) is 13.3 Å². The molecule has 5 heteroatoms. The first-order chi connectivity index (χ1) is 7.10. The SMILES string of the molecule is CCCC(OC)c1cn(C)c(=O)[nH]c1=O. The van der Waals surface area contributed by atoms with Crippen molar-refractivity contribution in [1.29, 1.82) is 0 Å². The van der Waals surface area contributed by atoms with Gasteiger partial charge < -0.3 is 9.30 Å². The van der Waals surface area contributed by atoms with Crippen molar-refractivity contribution in [3.05, 3.63) is 32.6 Å². The van der Waals surface area contributed by atoms with Gasteiger partial charge in [0.1, 0.15) is 0 Å². The van der Waals surface area contributed by atoms with Gasteiger partial charge in [-0.25, -0.2) is 4.79 Å². The van der Waals surface area contributed by atoms with Crippen molar-refractivity contribution in [2.45, 2.75) is 25.9 Å². The summed E-state index contributed by atoms with van der Waals surface area (Å²) in [6, 6.07) is 0. The average Bonchev–Trinajstić information content (AvgIpc) is 2.20. The average molecular weight is 212 g/mol. The molecule has 1 heterocycles. The highest BCUT2D eigenvalue weighted by Crippen LogP contribution is 2.17. The summed E-state index contributed by atoms with van der Waals surface area (Å²) < 4.78 is 6.56. The Morgan fingerprint density at radius 1 is 1.53 bits per heavy atom. The van der Waals surface area contributed by atoms with E-state index in [9.17, 15) is 9.59 Å². The van der Waals surface area contributed by atoms with Gasteiger partial charge in [-0.3, -0.25) is 9.78 Å². The molecule has 0 saturated carbocycles. The number of hydrogen-bond donors (Lipinski definition) is 1. The number of methoxy groups -OCH3 is 1. The fraction of sp³-hybridized carbons (Fsp3) is 0.600.